The fraction of sp³-hybridized carbons (Fsp3) is 0.750. The fourth-order valence-electron chi connectivity index (χ4n) is 2.19. The van der Waals surface area contributed by atoms with Crippen LogP contribution in [0, 0.1) is 5.92 Å². The normalized spacial score (nSPS) is 12.8. The van der Waals surface area contributed by atoms with Gasteiger partial charge in [0.15, 0.2) is 5.96 Å². The lowest BCUT2D eigenvalue weighted by molar-refractivity contribution is 0.0266. The summed E-state index contributed by atoms with van der Waals surface area (Å²) in [5.74, 6) is 1.37. The molecule has 23 heavy (non-hydrogen) atoms. The second kappa shape index (κ2) is 13.6. The van der Waals surface area contributed by atoms with E-state index in [1.165, 1.54) is 0 Å². The second-order valence-corrected chi connectivity index (χ2v) is 5.48. The van der Waals surface area contributed by atoms with Gasteiger partial charge < -0.3 is 15.4 Å². The maximum Gasteiger partial charge on any atom is 0.191 e. The highest BCUT2D eigenvalue weighted by atomic mass is 127. The van der Waals surface area contributed by atoms with Crippen LogP contribution in [-0.4, -0.2) is 48.1 Å². The van der Waals surface area contributed by atoms with E-state index < -0.39 is 0 Å². The first kappa shape index (κ1) is 22.2. The largest absolute Gasteiger partial charge is 0.378 e. The number of nitrogens with zero attached hydrogens (tertiary/aromatic N) is 3. The SMILES string of the molecule is CCNC(=NCCC(OCC)C(C)C)NCCn1cccn1.I. The molecule has 0 aromatic carbocycles. The van der Waals surface area contributed by atoms with Gasteiger partial charge in [-0.2, -0.15) is 5.10 Å². The summed E-state index contributed by atoms with van der Waals surface area (Å²) >= 11 is 0. The highest BCUT2D eigenvalue weighted by Crippen LogP contribution is 2.10. The van der Waals surface area contributed by atoms with Crippen LogP contribution in [-0.2, 0) is 11.3 Å². The summed E-state index contributed by atoms with van der Waals surface area (Å²) in [4.78, 5) is 4.62. The van der Waals surface area contributed by atoms with E-state index >= 15 is 0 Å². The molecule has 1 unspecified atom stereocenters. The summed E-state index contributed by atoms with van der Waals surface area (Å²) < 4.78 is 7.66. The molecule has 1 atom stereocenters. The van der Waals surface area contributed by atoms with Gasteiger partial charge in [-0.1, -0.05) is 13.8 Å². The van der Waals surface area contributed by atoms with Crippen LogP contribution in [0.3, 0.4) is 0 Å². The van der Waals surface area contributed by atoms with Crippen molar-refractivity contribution in [2.24, 2.45) is 10.9 Å². The molecule has 0 saturated heterocycles. The number of hydrogen-bond acceptors (Lipinski definition) is 3. The smallest absolute Gasteiger partial charge is 0.191 e. The maximum atomic E-state index is 5.75. The summed E-state index contributed by atoms with van der Waals surface area (Å²) in [5, 5.41) is 10.8. The lowest BCUT2D eigenvalue weighted by atomic mass is 10.0. The zero-order chi connectivity index (χ0) is 16.2. The number of ether oxygens (including phenoxy) is 1. The van der Waals surface area contributed by atoms with Gasteiger partial charge in [-0.25, -0.2) is 0 Å². The summed E-state index contributed by atoms with van der Waals surface area (Å²) in [6.45, 7) is 12.5. The number of nitrogens with one attached hydrogen (secondary N) is 2. The minimum Gasteiger partial charge on any atom is -0.378 e. The Bertz CT molecular complexity index is 409. The van der Waals surface area contributed by atoms with E-state index in [-0.39, 0.29) is 30.1 Å². The van der Waals surface area contributed by atoms with Gasteiger partial charge in [-0.15, -0.1) is 24.0 Å². The molecular weight excluding hydrogens is 405 g/mol. The molecule has 0 spiro atoms. The molecule has 1 aromatic heterocycles. The Hall–Kier alpha value is -0.830. The third-order valence-corrected chi connectivity index (χ3v) is 3.34. The number of aliphatic imine (C=N–C) groups is 1. The van der Waals surface area contributed by atoms with Crippen molar-refractivity contribution in [2.45, 2.75) is 46.8 Å². The van der Waals surface area contributed by atoms with Gasteiger partial charge in [0, 0.05) is 38.6 Å². The monoisotopic (exact) mass is 437 g/mol. The maximum absolute atomic E-state index is 5.75. The van der Waals surface area contributed by atoms with Crippen molar-refractivity contribution in [2.75, 3.05) is 26.2 Å². The van der Waals surface area contributed by atoms with Crippen molar-refractivity contribution < 1.29 is 4.74 Å². The van der Waals surface area contributed by atoms with Crippen LogP contribution in [0.2, 0.25) is 0 Å². The molecule has 0 fully saturated rings. The van der Waals surface area contributed by atoms with E-state index in [9.17, 15) is 0 Å². The van der Waals surface area contributed by atoms with E-state index in [1.54, 1.807) is 6.20 Å². The fourth-order valence-corrected chi connectivity index (χ4v) is 2.19. The predicted molar refractivity (Wildman–Crippen MR) is 106 cm³/mol. The summed E-state index contributed by atoms with van der Waals surface area (Å²) in [6.07, 6.45) is 4.97. The number of halogens is 1. The van der Waals surface area contributed by atoms with Gasteiger partial charge in [0.25, 0.3) is 0 Å². The molecule has 134 valence electrons. The van der Waals surface area contributed by atoms with Gasteiger partial charge in [-0.05, 0) is 32.3 Å². The number of aromatic nitrogens is 2. The van der Waals surface area contributed by atoms with E-state index in [1.807, 2.05) is 23.9 Å². The zero-order valence-corrected chi connectivity index (χ0v) is 17.1. The van der Waals surface area contributed by atoms with Crippen LogP contribution in [0.15, 0.2) is 23.5 Å². The molecule has 0 aliphatic rings. The van der Waals surface area contributed by atoms with Crippen LogP contribution < -0.4 is 10.6 Å². The van der Waals surface area contributed by atoms with E-state index in [2.05, 4.69) is 41.5 Å². The Morgan fingerprint density at radius 2 is 2.09 bits per heavy atom. The number of guanidine groups is 1. The lowest BCUT2D eigenvalue weighted by Crippen LogP contribution is -2.39. The van der Waals surface area contributed by atoms with Crippen molar-refractivity contribution in [3.63, 3.8) is 0 Å². The van der Waals surface area contributed by atoms with Gasteiger partial charge in [0.05, 0.1) is 12.6 Å². The van der Waals surface area contributed by atoms with Crippen LogP contribution in [0.5, 0.6) is 0 Å². The van der Waals surface area contributed by atoms with Crippen molar-refractivity contribution >= 4 is 29.9 Å². The molecule has 1 rings (SSSR count). The van der Waals surface area contributed by atoms with Crippen molar-refractivity contribution in [1.29, 1.82) is 0 Å². The van der Waals surface area contributed by atoms with Crippen molar-refractivity contribution in [1.82, 2.24) is 20.4 Å². The second-order valence-electron chi connectivity index (χ2n) is 5.48. The Balaban J connectivity index is 0.00000484. The number of rotatable bonds is 10. The van der Waals surface area contributed by atoms with Gasteiger partial charge in [0.1, 0.15) is 0 Å². The van der Waals surface area contributed by atoms with Crippen LogP contribution in [0.1, 0.15) is 34.1 Å². The molecule has 0 amide bonds. The Morgan fingerprint density at radius 3 is 2.65 bits per heavy atom. The predicted octanol–water partition coefficient (Wildman–Crippen LogP) is 2.51. The minimum atomic E-state index is 0. The Kier molecular flexibility index (Phi) is 13.1. The first-order chi connectivity index (χ1) is 10.7. The van der Waals surface area contributed by atoms with Crippen LogP contribution in [0.4, 0.5) is 0 Å². The van der Waals surface area contributed by atoms with Crippen molar-refractivity contribution in [3.8, 4) is 0 Å². The Morgan fingerprint density at radius 1 is 1.30 bits per heavy atom. The molecule has 2 N–H and O–H groups in total. The quantitative estimate of drug-likeness (QED) is 0.336. The molecular formula is C16H32IN5O. The summed E-state index contributed by atoms with van der Waals surface area (Å²) in [6, 6.07) is 1.93. The summed E-state index contributed by atoms with van der Waals surface area (Å²) in [5.41, 5.74) is 0. The highest BCUT2D eigenvalue weighted by Gasteiger charge is 2.12. The first-order valence-corrected chi connectivity index (χ1v) is 8.28. The van der Waals surface area contributed by atoms with E-state index in [4.69, 9.17) is 4.74 Å². The molecule has 0 aliphatic carbocycles. The molecule has 1 aromatic rings. The molecule has 0 bridgehead atoms. The van der Waals surface area contributed by atoms with Gasteiger partial charge >= 0.3 is 0 Å². The average molecular weight is 437 g/mol. The third-order valence-electron chi connectivity index (χ3n) is 3.34. The van der Waals surface area contributed by atoms with Crippen LogP contribution in [0.25, 0.3) is 0 Å². The molecule has 0 saturated carbocycles. The first-order valence-electron chi connectivity index (χ1n) is 8.28. The third kappa shape index (κ3) is 9.80. The molecule has 0 aliphatic heterocycles. The topological polar surface area (TPSA) is 63.5 Å². The van der Waals surface area contributed by atoms with Gasteiger partial charge in [0.2, 0.25) is 0 Å². The van der Waals surface area contributed by atoms with Crippen LogP contribution >= 0.6 is 24.0 Å². The zero-order valence-electron chi connectivity index (χ0n) is 14.8. The number of hydrogen-bond donors (Lipinski definition) is 2. The molecule has 7 heteroatoms. The Labute approximate surface area is 157 Å². The van der Waals surface area contributed by atoms with Crippen molar-refractivity contribution in [3.05, 3.63) is 18.5 Å². The summed E-state index contributed by atoms with van der Waals surface area (Å²) in [7, 11) is 0. The molecule has 6 nitrogen and oxygen atoms in total. The van der Waals surface area contributed by atoms with E-state index in [0.29, 0.717) is 5.92 Å². The molecule has 1 heterocycles. The molecule has 0 radical (unpaired) electrons. The van der Waals surface area contributed by atoms with Gasteiger partial charge in [-0.3, -0.25) is 9.67 Å². The standard InChI is InChI=1S/C16H31N5O.HI/c1-5-17-16(19-11-13-21-12-7-9-20-21)18-10-8-15(14(3)4)22-6-2;/h7,9,12,14-15H,5-6,8,10-11,13H2,1-4H3,(H2,17,18,19);1H. The minimum absolute atomic E-state index is 0. The highest BCUT2D eigenvalue weighted by molar-refractivity contribution is 14.0. The lowest BCUT2D eigenvalue weighted by Gasteiger charge is -2.20. The average Bonchev–Trinajstić information content (AvgIpc) is 2.99. The van der Waals surface area contributed by atoms with E-state index in [0.717, 1.165) is 45.2 Å².